The van der Waals surface area contributed by atoms with Crippen LogP contribution in [0.2, 0.25) is 0 Å². The Balaban J connectivity index is 3.73. The molecule has 14 heteroatoms. The molecule has 0 aromatic carbocycles. The molecular weight excluding hydrogens is 630 g/mol. The fraction of sp³-hybridized carbons (Fsp3) is 0.971. The third kappa shape index (κ3) is 34.7. The van der Waals surface area contributed by atoms with Gasteiger partial charge in [0.1, 0.15) is 0 Å². The lowest BCUT2D eigenvalue weighted by Crippen LogP contribution is -2.46. The third-order valence-electron chi connectivity index (χ3n) is 6.50. The Morgan fingerprint density at radius 3 is 1.21 bits per heavy atom. The summed E-state index contributed by atoms with van der Waals surface area (Å²) in [5, 5.41) is 19.3. The minimum absolute atomic E-state index is 0.0181. The molecular formula is C34H69NO13. The number of hydroxylamine groups is 2. The van der Waals surface area contributed by atoms with E-state index in [0.717, 1.165) is 24.3 Å². The van der Waals surface area contributed by atoms with E-state index in [1.54, 1.807) is 0 Å². The minimum atomic E-state index is -1.17. The van der Waals surface area contributed by atoms with E-state index in [2.05, 4.69) is 6.92 Å². The predicted octanol–water partition coefficient (Wildman–Crippen LogP) is 4.70. The summed E-state index contributed by atoms with van der Waals surface area (Å²) in [5.74, 6) is 0. The number of aliphatic hydroxyl groups is 1. The van der Waals surface area contributed by atoms with Gasteiger partial charge in [0.25, 0.3) is 0 Å². The molecule has 0 saturated carbocycles. The monoisotopic (exact) mass is 699 g/mol. The molecule has 2 N–H and O–H groups in total. The lowest BCUT2D eigenvalue weighted by atomic mass is 10.1. The summed E-state index contributed by atoms with van der Waals surface area (Å²) < 4.78 is 49.3. The second-order valence-corrected chi connectivity index (χ2v) is 12.0. The summed E-state index contributed by atoms with van der Waals surface area (Å²) in [7, 11) is 0. The zero-order chi connectivity index (χ0) is 35.4. The lowest BCUT2D eigenvalue weighted by Gasteiger charge is -2.33. The van der Waals surface area contributed by atoms with E-state index >= 15 is 0 Å². The van der Waals surface area contributed by atoms with Crippen LogP contribution in [0.3, 0.4) is 0 Å². The molecule has 48 heavy (non-hydrogen) atoms. The first-order valence-corrected chi connectivity index (χ1v) is 17.9. The first-order valence-electron chi connectivity index (χ1n) is 17.9. The summed E-state index contributed by atoms with van der Waals surface area (Å²) in [5.41, 5.74) is -0.661. The number of carbonyl (C=O) groups is 1. The Morgan fingerprint density at radius 2 is 0.875 bits per heavy atom. The fourth-order valence-corrected chi connectivity index (χ4v) is 4.19. The summed E-state index contributed by atoms with van der Waals surface area (Å²) in [4.78, 5) is 17.6. The highest BCUT2D eigenvalue weighted by molar-refractivity contribution is 5.63. The number of nitrogens with zero attached hydrogens (tertiary/aromatic N) is 1. The number of hydrogen-bond donors (Lipinski definition) is 2. The molecule has 0 rings (SSSR count). The summed E-state index contributed by atoms with van der Waals surface area (Å²) in [6, 6.07) is 0. The van der Waals surface area contributed by atoms with Gasteiger partial charge in [0.2, 0.25) is 0 Å². The molecule has 0 aliphatic carbocycles. The zero-order valence-electron chi connectivity index (χ0n) is 30.5. The fourth-order valence-electron chi connectivity index (χ4n) is 4.19. The molecule has 0 aliphatic heterocycles. The number of hydrogen-bond acceptors (Lipinski definition) is 12. The van der Waals surface area contributed by atoms with Crippen molar-refractivity contribution < 1.29 is 62.5 Å². The smallest absolute Gasteiger partial charge is 0.434 e. The summed E-state index contributed by atoms with van der Waals surface area (Å²) >= 11 is 0. The highest BCUT2D eigenvalue weighted by atomic mass is 16.8. The van der Waals surface area contributed by atoms with Gasteiger partial charge in [-0.15, -0.1) is 0 Å². The average molecular weight is 700 g/mol. The Morgan fingerprint density at radius 1 is 0.542 bits per heavy atom. The quantitative estimate of drug-likeness (QED) is 0.0521. The van der Waals surface area contributed by atoms with Crippen molar-refractivity contribution in [2.75, 3.05) is 119 Å². The molecule has 1 unspecified atom stereocenters. The first kappa shape index (κ1) is 46.8. The van der Waals surface area contributed by atoms with Crippen LogP contribution in [-0.4, -0.2) is 152 Å². The molecule has 0 heterocycles. The van der Waals surface area contributed by atoms with Gasteiger partial charge in [0.05, 0.1) is 125 Å². The van der Waals surface area contributed by atoms with E-state index in [1.165, 1.54) is 32.1 Å². The molecule has 0 radical (unpaired) electrons. The normalized spacial score (nSPS) is 12.5. The van der Waals surface area contributed by atoms with Crippen LogP contribution >= 0.6 is 0 Å². The summed E-state index contributed by atoms with van der Waals surface area (Å²) in [6.07, 6.45) is 8.02. The second kappa shape index (κ2) is 35.6. The molecule has 0 bridgehead atoms. The number of aliphatic hydroxyl groups excluding tert-OH is 1. The van der Waals surface area contributed by atoms with Crippen molar-refractivity contribution in [3.05, 3.63) is 0 Å². The Labute approximate surface area is 289 Å². The Bertz CT molecular complexity index is 669. The van der Waals surface area contributed by atoms with Gasteiger partial charge in [-0.1, -0.05) is 51.9 Å². The van der Waals surface area contributed by atoms with Crippen LogP contribution in [0.25, 0.3) is 0 Å². The van der Waals surface area contributed by atoms with Crippen LogP contribution in [0.15, 0.2) is 0 Å². The van der Waals surface area contributed by atoms with E-state index in [1.807, 2.05) is 20.8 Å². The molecule has 1 atom stereocenters. The van der Waals surface area contributed by atoms with Crippen molar-refractivity contribution in [1.82, 2.24) is 5.06 Å². The molecule has 0 spiro atoms. The van der Waals surface area contributed by atoms with Gasteiger partial charge >= 0.3 is 6.09 Å². The number of rotatable bonds is 38. The van der Waals surface area contributed by atoms with Gasteiger partial charge < -0.3 is 52.8 Å². The molecule has 0 aromatic heterocycles. The maximum Gasteiger partial charge on any atom is 0.434 e. The van der Waals surface area contributed by atoms with Gasteiger partial charge in [-0.3, -0.25) is 4.84 Å². The highest BCUT2D eigenvalue weighted by Gasteiger charge is 2.29. The maximum atomic E-state index is 11.9. The Hall–Kier alpha value is -1.17. The topological polar surface area (TPSA) is 153 Å². The molecule has 0 saturated heterocycles. The van der Waals surface area contributed by atoms with Gasteiger partial charge in [-0.2, -0.15) is 5.06 Å². The highest BCUT2D eigenvalue weighted by Crippen LogP contribution is 2.19. The minimum Gasteiger partial charge on any atom is -0.463 e. The van der Waals surface area contributed by atoms with Crippen molar-refractivity contribution >= 4 is 6.09 Å². The van der Waals surface area contributed by atoms with E-state index < -0.39 is 17.9 Å². The van der Waals surface area contributed by atoms with E-state index in [4.69, 9.17) is 52.6 Å². The lowest BCUT2D eigenvalue weighted by molar-refractivity contribution is -0.274. The van der Waals surface area contributed by atoms with Crippen LogP contribution in [0.5, 0.6) is 0 Å². The predicted molar refractivity (Wildman–Crippen MR) is 181 cm³/mol. The van der Waals surface area contributed by atoms with E-state index in [-0.39, 0.29) is 13.2 Å². The van der Waals surface area contributed by atoms with Crippen molar-refractivity contribution in [3.63, 3.8) is 0 Å². The van der Waals surface area contributed by atoms with Crippen molar-refractivity contribution in [2.24, 2.45) is 0 Å². The van der Waals surface area contributed by atoms with Crippen LogP contribution < -0.4 is 0 Å². The molecule has 1 amide bonds. The van der Waals surface area contributed by atoms with Crippen molar-refractivity contribution in [1.29, 1.82) is 0 Å². The SMILES string of the molecule is CCCCCCCCCCC(OCCOCCOCCOCCOCCOCCOCCOCCOCCO)N(OC(C)(C)C)C(=O)O. The molecule has 0 aliphatic rings. The molecule has 0 aromatic rings. The van der Waals surface area contributed by atoms with Crippen LogP contribution in [0.1, 0.15) is 85.5 Å². The van der Waals surface area contributed by atoms with Crippen LogP contribution in [0.4, 0.5) is 4.79 Å². The average Bonchev–Trinajstić information content (AvgIpc) is 3.05. The molecule has 0 fully saturated rings. The van der Waals surface area contributed by atoms with E-state index in [0.29, 0.717) is 112 Å². The van der Waals surface area contributed by atoms with Gasteiger partial charge in [0, 0.05) is 0 Å². The van der Waals surface area contributed by atoms with E-state index in [9.17, 15) is 9.90 Å². The van der Waals surface area contributed by atoms with Gasteiger partial charge in [-0.25, -0.2) is 4.79 Å². The van der Waals surface area contributed by atoms with Crippen LogP contribution in [0, 0.1) is 0 Å². The van der Waals surface area contributed by atoms with Crippen molar-refractivity contribution in [2.45, 2.75) is 97.3 Å². The number of ether oxygens (including phenoxy) is 9. The third-order valence-corrected chi connectivity index (χ3v) is 6.50. The molecule has 14 nitrogen and oxygen atoms in total. The standard InChI is InChI=1S/C34H69NO13/c1-5-6-7-8-9-10-11-12-13-32(35(33(37)38)48-34(2,3)4)47-31-30-46-29-28-45-27-26-44-25-24-43-23-22-42-21-20-41-19-18-40-17-16-39-15-14-36/h32,36H,5-31H2,1-4H3,(H,37,38). The number of unbranched alkanes of at least 4 members (excludes halogenated alkanes) is 7. The van der Waals surface area contributed by atoms with Crippen molar-refractivity contribution in [3.8, 4) is 0 Å². The number of carboxylic acid groups (broad SMARTS) is 1. The maximum absolute atomic E-state index is 11.9. The van der Waals surface area contributed by atoms with Crippen LogP contribution in [-0.2, 0) is 47.5 Å². The number of amides is 1. The zero-order valence-corrected chi connectivity index (χ0v) is 30.5. The second-order valence-electron chi connectivity index (χ2n) is 12.0. The molecule has 288 valence electrons. The first-order chi connectivity index (χ1) is 23.3. The van der Waals surface area contributed by atoms with Gasteiger partial charge in [-0.05, 0) is 33.6 Å². The largest absolute Gasteiger partial charge is 0.463 e. The summed E-state index contributed by atoms with van der Waals surface area (Å²) in [6.45, 7) is 15.1. The Kier molecular flexibility index (Phi) is 34.8. The van der Waals surface area contributed by atoms with Gasteiger partial charge in [0.15, 0.2) is 6.23 Å².